The fraction of sp³-hybridized carbons (Fsp3) is 0.400. The van der Waals surface area contributed by atoms with Crippen LogP contribution in [0.15, 0.2) is 58.7 Å². The van der Waals surface area contributed by atoms with Crippen LogP contribution in [0.1, 0.15) is 38.8 Å². The molecule has 0 aliphatic rings. The Labute approximate surface area is 217 Å². The summed E-state index contributed by atoms with van der Waals surface area (Å²) in [5.74, 6) is -0.566. The first-order valence-electron chi connectivity index (χ1n) is 11.4. The molecule has 0 unspecified atom stereocenters. The molecule has 0 bridgehead atoms. The number of hydrogen-bond acceptors (Lipinski definition) is 6. The molecule has 194 valence electrons. The van der Waals surface area contributed by atoms with Crippen molar-refractivity contribution in [1.29, 1.82) is 0 Å². The van der Waals surface area contributed by atoms with Crippen molar-refractivity contribution in [3.63, 3.8) is 0 Å². The van der Waals surface area contributed by atoms with E-state index in [0.29, 0.717) is 29.8 Å². The highest BCUT2D eigenvalue weighted by atomic mass is 35.5. The van der Waals surface area contributed by atoms with Crippen LogP contribution in [0, 0.1) is 5.82 Å². The number of nitrogens with zero attached hydrogens (tertiary/aromatic N) is 3. The summed E-state index contributed by atoms with van der Waals surface area (Å²) in [6, 6.07) is 8.59. The molecule has 0 aliphatic heterocycles. The van der Waals surface area contributed by atoms with Gasteiger partial charge in [-0.05, 0) is 54.4 Å². The summed E-state index contributed by atoms with van der Waals surface area (Å²) in [6.45, 7) is 11.1. The molecular formula is C25H31ClFN3O4SSi. The van der Waals surface area contributed by atoms with Crippen LogP contribution in [-0.4, -0.2) is 44.1 Å². The molecule has 0 amide bonds. The van der Waals surface area contributed by atoms with E-state index in [2.05, 4.69) is 43.8 Å². The van der Waals surface area contributed by atoms with Crippen LogP contribution in [0.4, 0.5) is 4.39 Å². The predicted molar refractivity (Wildman–Crippen MR) is 142 cm³/mol. The molecule has 0 N–H and O–H groups in total. The maximum absolute atomic E-state index is 14.3. The second-order valence-electron chi connectivity index (χ2n) is 10.2. The first kappa shape index (κ1) is 28.2. The Morgan fingerprint density at radius 1 is 1.17 bits per heavy atom. The molecule has 11 heteroatoms. The third-order valence-corrected chi connectivity index (χ3v) is 12.2. The lowest BCUT2D eigenvalue weighted by Crippen LogP contribution is -2.41. The molecule has 0 radical (unpaired) electrons. The van der Waals surface area contributed by atoms with Gasteiger partial charge in [0, 0.05) is 36.9 Å². The molecule has 2 heterocycles. The second-order valence-corrected chi connectivity index (χ2v) is 17.4. The van der Waals surface area contributed by atoms with Gasteiger partial charge in [0.25, 0.3) is 5.56 Å². The molecule has 0 spiro atoms. The van der Waals surface area contributed by atoms with Crippen LogP contribution in [0.2, 0.25) is 23.2 Å². The molecule has 3 rings (SSSR count). The Kier molecular flexibility index (Phi) is 8.24. The predicted octanol–water partition coefficient (Wildman–Crippen LogP) is 5.50. The van der Waals surface area contributed by atoms with E-state index in [-0.39, 0.29) is 20.8 Å². The van der Waals surface area contributed by atoms with Crippen molar-refractivity contribution >= 4 is 29.8 Å². The molecule has 36 heavy (non-hydrogen) atoms. The number of halogens is 2. The zero-order valence-corrected chi connectivity index (χ0v) is 23.8. The molecule has 0 fully saturated rings. The Hall–Kier alpha value is -2.40. The van der Waals surface area contributed by atoms with Crippen LogP contribution in [-0.2, 0) is 14.3 Å². The molecule has 1 aromatic carbocycles. The first-order valence-corrected chi connectivity index (χ1v) is 16.6. The minimum absolute atomic E-state index is 0.00293. The Morgan fingerprint density at radius 2 is 1.86 bits per heavy atom. The molecule has 2 aromatic heterocycles. The Bertz CT molecular complexity index is 1420. The second kappa shape index (κ2) is 10.5. The van der Waals surface area contributed by atoms with Gasteiger partial charge in [-0.2, -0.15) is 0 Å². The van der Waals surface area contributed by atoms with Crippen LogP contribution in [0.5, 0.6) is 0 Å². The highest BCUT2D eigenvalue weighted by Gasteiger charge is 2.37. The third kappa shape index (κ3) is 6.47. The van der Waals surface area contributed by atoms with Crippen molar-refractivity contribution in [3.8, 4) is 11.3 Å². The van der Waals surface area contributed by atoms with E-state index in [1.807, 2.05) is 0 Å². The minimum atomic E-state index is -3.60. The zero-order valence-electron chi connectivity index (χ0n) is 21.2. The van der Waals surface area contributed by atoms with Crippen molar-refractivity contribution < 1.29 is 17.2 Å². The lowest BCUT2D eigenvalue weighted by Gasteiger charge is -2.36. The van der Waals surface area contributed by atoms with Gasteiger partial charge in [-0.3, -0.25) is 4.79 Å². The van der Waals surface area contributed by atoms with E-state index >= 15 is 0 Å². The van der Waals surface area contributed by atoms with E-state index in [9.17, 15) is 17.6 Å². The van der Waals surface area contributed by atoms with Gasteiger partial charge in [-0.1, -0.05) is 38.4 Å². The average Bonchev–Trinajstić information content (AvgIpc) is 2.78. The van der Waals surface area contributed by atoms with Gasteiger partial charge in [0.15, 0.2) is 8.32 Å². The van der Waals surface area contributed by atoms with Crippen LogP contribution in [0.3, 0.4) is 0 Å². The summed E-state index contributed by atoms with van der Waals surface area (Å²) in [5, 5.41) is -0.292. The number of pyridine rings is 1. The normalized spacial score (nSPS) is 13.6. The maximum atomic E-state index is 14.3. The molecular weight excluding hydrogens is 521 g/mol. The van der Waals surface area contributed by atoms with Crippen molar-refractivity contribution in [1.82, 2.24) is 14.5 Å². The van der Waals surface area contributed by atoms with Gasteiger partial charge in [0.05, 0.1) is 16.8 Å². The highest BCUT2D eigenvalue weighted by Crippen LogP contribution is 2.37. The number of hydrogen-bond donors (Lipinski definition) is 0. The van der Waals surface area contributed by atoms with E-state index < -0.39 is 30.0 Å². The summed E-state index contributed by atoms with van der Waals surface area (Å²) in [6.07, 6.45) is 4.40. The molecule has 3 aromatic rings. The summed E-state index contributed by atoms with van der Waals surface area (Å²) in [4.78, 5) is 21.1. The number of rotatable bonds is 8. The highest BCUT2D eigenvalue weighted by molar-refractivity contribution is 7.90. The van der Waals surface area contributed by atoms with Crippen molar-refractivity contribution in [2.24, 2.45) is 0 Å². The standard InChI is InChI=1S/C25H31ClFN3O4SSi/c1-25(2,3)36(5,6)34-14-11-22(18-7-8-19(26)20(27)15-18)30-13-10-17(16-23(30)31)21-9-12-28-24(29-21)35(4,32)33/h7-10,12-13,15-16,22H,11,14H2,1-6H3/t22-/m1/s1. The summed E-state index contributed by atoms with van der Waals surface area (Å²) < 4.78 is 45.8. The lowest BCUT2D eigenvalue weighted by molar-refractivity contribution is 0.263. The van der Waals surface area contributed by atoms with Gasteiger partial charge in [0.2, 0.25) is 15.0 Å². The lowest BCUT2D eigenvalue weighted by atomic mass is 10.0. The molecule has 0 saturated carbocycles. The summed E-state index contributed by atoms with van der Waals surface area (Å²) in [5.41, 5.74) is 0.999. The molecule has 0 saturated heterocycles. The smallest absolute Gasteiger partial charge is 0.251 e. The van der Waals surface area contributed by atoms with Gasteiger partial charge in [-0.25, -0.2) is 22.8 Å². The SMILES string of the molecule is CC(C)(C)[Si](C)(C)OCC[C@H](c1ccc(Cl)c(F)c1)n1ccc(-c2ccnc(S(C)(=O)=O)n2)cc1=O. The van der Waals surface area contributed by atoms with E-state index in [4.69, 9.17) is 16.0 Å². The van der Waals surface area contributed by atoms with E-state index in [1.54, 1.807) is 18.3 Å². The Morgan fingerprint density at radius 3 is 2.44 bits per heavy atom. The van der Waals surface area contributed by atoms with Gasteiger partial charge in [0.1, 0.15) is 5.82 Å². The summed E-state index contributed by atoms with van der Waals surface area (Å²) in [7, 11) is -5.63. The maximum Gasteiger partial charge on any atom is 0.251 e. The minimum Gasteiger partial charge on any atom is -0.417 e. The molecule has 0 aliphatic carbocycles. The van der Waals surface area contributed by atoms with E-state index in [0.717, 1.165) is 6.26 Å². The average molecular weight is 552 g/mol. The molecule has 7 nitrogen and oxygen atoms in total. The van der Waals surface area contributed by atoms with Crippen molar-refractivity contribution in [2.75, 3.05) is 12.9 Å². The number of sulfone groups is 1. The zero-order chi connectivity index (χ0) is 26.9. The monoisotopic (exact) mass is 551 g/mol. The quantitative estimate of drug-likeness (QED) is 0.271. The van der Waals surface area contributed by atoms with Crippen LogP contribution < -0.4 is 5.56 Å². The van der Waals surface area contributed by atoms with Crippen LogP contribution >= 0.6 is 11.6 Å². The van der Waals surface area contributed by atoms with Gasteiger partial charge < -0.3 is 8.99 Å². The fourth-order valence-corrected chi connectivity index (χ4v) is 5.11. The van der Waals surface area contributed by atoms with E-state index in [1.165, 1.54) is 35.0 Å². The fourth-order valence-electron chi connectivity index (χ4n) is 3.41. The van der Waals surface area contributed by atoms with Gasteiger partial charge in [-0.15, -0.1) is 0 Å². The van der Waals surface area contributed by atoms with Crippen LogP contribution in [0.25, 0.3) is 11.3 Å². The number of benzene rings is 1. The third-order valence-electron chi connectivity index (χ3n) is 6.53. The largest absolute Gasteiger partial charge is 0.417 e. The molecule has 1 atom stereocenters. The number of aromatic nitrogens is 3. The van der Waals surface area contributed by atoms with Crippen molar-refractivity contribution in [2.45, 2.75) is 56.5 Å². The van der Waals surface area contributed by atoms with Gasteiger partial charge >= 0.3 is 0 Å². The first-order chi connectivity index (χ1) is 16.6. The topological polar surface area (TPSA) is 91.2 Å². The Balaban J connectivity index is 1.98. The summed E-state index contributed by atoms with van der Waals surface area (Å²) >= 11 is 5.89. The van der Waals surface area contributed by atoms with Crippen molar-refractivity contribution in [3.05, 3.63) is 75.5 Å².